The molecule has 2 aliphatic rings. The van der Waals surface area contributed by atoms with Crippen molar-refractivity contribution >= 4 is 30.5 Å². The molecule has 1 fully saturated rings. The Bertz CT molecular complexity index is 736. The van der Waals surface area contributed by atoms with Gasteiger partial charge in [0, 0.05) is 29.4 Å². The smallest absolute Gasteiger partial charge is 0.0672 e. The molecule has 0 radical (unpaired) electrons. The summed E-state index contributed by atoms with van der Waals surface area (Å²) < 4.78 is 23.3. The highest BCUT2D eigenvalue weighted by Crippen LogP contribution is 2.38. The lowest BCUT2D eigenvalue weighted by molar-refractivity contribution is 0.269. The van der Waals surface area contributed by atoms with Crippen LogP contribution in [0.5, 0.6) is 0 Å². The lowest BCUT2D eigenvalue weighted by Gasteiger charge is -2.41. The van der Waals surface area contributed by atoms with E-state index in [9.17, 15) is 0 Å². The first-order valence-corrected chi connectivity index (χ1v) is 7.21. The van der Waals surface area contributed by atoms with Crippen molar-refractivity contribution in [1.29, 1.82) is 0 Å². The van der Waals surface area contributed by atoms with Crippen LogP contribution in [0.4, 0.5) is 5.69 Å². The molecule has 0 spiro atoms. The summed E-state index contributed by atoms with van der Waals surface area (Å²) in [6, 6.07) is 17.1. The predicted octanol–water partition coefficient (Wildman–Crippen LogP) is 3.93. The molecule has 0 aromatic heterocycles. The van der Waals surface area contributed by atoms with Crippen LogP contribution in [0.15, 0.2) is 48.5 Å². The standard InChI is InChI=1S/C18H20N2.2ClH/c1-19-10-11-20-17-9-5-3-7-15(17)12-14-6-2-4-8-16(14)18(20)13-19;;/h2-9,18H,10-13H2,1H3;2*1H/i1D3;;. The number of piperazine rings is 1. The topological polar surface area (TPSA) is 6.48 Å². The van der Waals surface area contributed by atoms with Gasteiger partial charge >= 0.3 is 0 Å². The molecule has 4 heteroatoms. The van der Waals surface area contributed by atoms with Gasteiger partial charge in [-0.25, -0.2) is 0 Å². The van der Waals surface area contributed by atoms with Gasteiger partial charge in [-0.1, -0.05) is 42.5 Å². The molecule has 0 bridgehead atoms. The van der Waals surface area contributed by atoms with Crippen molar-refractivity contribution in [3.8, 4) is 0 Å². The van der Waals surface area contributed by atoms with Gasteiger partial charge in [0.2, 0.25) is 0 Å². The van der Waals surface area contributed by atoms with E-state index < -0.39 is 6.98 Å². The number of nitrogens with zero attached hydrogens (tertiary/aromatic N) is 2. The molecule has 2 heterocycles. The molecule has 2 aromatic rings. The molecule has 22 heavy (non-hydrogen) atoms. The van der Waals surface area contributed by atoms with Crippen LogP contribution in [0, 0.1) is 0 Å². The van der Waals surface area contributed by atoms with E-state index in [1.807, 2.05) is 0 Å². The SMILES string of the molecule is Cl.Cl.[2H]C([2H])([2H])N1CCN2c3ccccc3Cc3ccccc3C2C1. The number of fused-ring (bicyclic) bond motifs is 5. The van der Waals surface area contributed by atoms with E-state index in [2.05, 4.69) is 53.4 Å². The predicted molar refractivity (Wildman–Crippen MR) is 97.8 cm³/mol. The van der Waals surface area contributed by atoms with E-state index in [1.165, 1.54) is 22.4 Å². The van der Waals surface area contributed by atoms with Crippen LogP contribution in [0.1, 0.15) is 26.8 Å². The van der Waals surface area contributed by atoms with Crippen molar-refractivity contribution in [2.45, 2.75) is 12.5 Å². The fraction of sp³-hybridized carbons (Fsp3) is 0.333. The maximum absolute atomic E-state index is 7.76. The summed E-state index contributed by atoms with van der Waals surface area (Å²) in [6.07, 6.45) is 0.910. The van der Waals surface area contributed by atoms with Crippen molar-refractivity contribution in [1.82, 2.24) is 4.90 Å². The normalized spacial score (nSPS) is 22.3. The first kappa shape index (κ1) is 13.2. The molecule has 1 saturated heterocycles. The second-order valence-corrected chi connectivity index (χ2v) is 5.66. The number of anilines is 1. The molecule has 4 rings (SSSR count). The largest absolute Gasteiger partial charge is 0.362 e. The van der Waals surface area contributed by atoms with Gasteiger partial charge in [0.15, 0.2) is 0 Å². The summed E-state index contributed by atoms with van der Waals surface area (Å²) >= 11 is 0. The number of benzene rings is 2. The highest BCUT2D eigenvalue weighted by molar-refractivity contribution is 5.85. The Balaban J connectivity index is 0.00000113. The second kappa shape index (κ2) is 6.91. The van der Waals surface area contributed by atoms with Crippen LogP contribution in [0.25, 0.3) is 0 Å². The number of halogens is 2. The Morgan fingerprint density at radius 1 is 0.955 bits per heavy atom. The van der Waals surface area contributed by atoms with E-state index in [0.29, 0.717) is 13.1 Å². The van der Waals surface area contributed by atoms with Crippen molar-refractivity contribution < 1.29 is 4.11 Å². The molecule has 0 saturated carbocycles. The molecule has 2 aromatic carbocycles. The molecule has 1 atom stereocenters. The molecular weight excluding hydrogens is 315 g/mol. The molecule has 0 N–H and O–H groups in total. The van der Waals surface area contributed by atoms with Crippen molar-refractivity contribution in [2.24, 2.45) is 0 Å². The van der Waals surface area contributed by atoms with Gasteiger partial charge in [-0.05, 0) is 36.2 Å². The van der Waals surface area contributed by atoms with E-state index in [4.69, 9.17) is 4.11 Å². The third-order valence-electron chi connectivity index (χ3n) is 4.48. The van der Waals surface area contributed by atoms with Crippen LogP contribution < -0.4 is 4.90 Å². The first-order chi connectivity index (χ1) is 11.0. The monoisotopic (exact) mass is 339 g/mol. The van der Waals surface area contributed by atoms with Crippen molar-refractivity contribution in [3.63, 3.8) is 0 Å². The van der Waals surface area contributed by atoms with E-state index in [1.54, 1.807) is 4.90 Å². The fourth-order valence-electron chi connectivity index (χ4n) is 3.50. The van der Waals surface area contributed by atoms with Crippen LogP contribution in [0.3, 0.4) is 0 Å². The maximum atomic E-state index is 7.76. The van der Waals surface area contributed by atoms with Gasteiger partial charge in [-0.15, -0.1) is 24.8 Å². The summed E-state index contributed by atoms with van der Waals surface area (Å²) in [5.74, 6) is 0. The van der Waals surface area contributed by atoms with Crippen LogP contribution in [0.2, 0.25) is 0 Å². The first-order valence-electron chi connectivity index (χ1n) is 8.71. The van der Waals surface area contributed by atoms with E-state index >= 15 is 0 Å². The molecular formula is C18H22Cl2N2. The average Bonchev–Trinajstić information content (AvgIpc) is 2.68. The Hall–Kier alpha value is -1.22. The fourth-order valence-corrected chi connectivity index (χ4v) is 3.50. The van der Waals surface area contributed by atoms with E-state index in [0.717, 1.165) is 13.0 Å². The number of likely N-dealkylation sites (N-methyl/N-ethyl adjacent to an activating group) is 1. The van der Waals surface area contributed by atoms with Gasteiger partial charge in [-0.3, -0.25) is 0 Å². The minimum absolute atomic E-state index is 0. The highest BCUT2D eigenvalue weighted by Gasteiger charge is 2.31. The van der Waals surface area contributed by atoms with Crippen LogP contribution in [-0.4, -0.2) is 31.5 Å². The minimum atomic E-state index is -2.02. The molecule has 2 aliphatic heterocycles. The Labute approximate surface area is 149 Å². The molecule has 0 amide bonds. The average molecular weight is 340 g/mol. The van der Waals surface area contributed by atoms with Crippen molar-refractivity contribution in [2.75, 3.05) is 31.5 Å². The van der Waals surface area contributed by atoms with Gasteiger partial charge in [0.1, 0.15) is 0 Å². The van der Waals surface area contributed by atoms with Crippen molar-refractivity contribution in [3.05, 3.63) is 65.2 Å². The van der Waals surface area contributed by atoms with E-state index in [-0.39, 0.29) is 30.9 Å². The number of hydrogen-bond donors (Lipinski definition) is 0. The summed E-state index contributed by atoms with van der Waals surface area (Å²) in [7, 11) is 0. The van der Waals surface area contributed by atoms with Gasteiger partial charge < -0.3 is 9.80 Å². The Kier molecular flexibility index (Phi) is 4.16. The van der Waals surface area contributed by atoms with Gasteiger partial charge in [0.05, 0.1) is 6.04 Å². The van der Waals surface area contributed by atoms with Gasteiger partial charge in [0.25, 0.3) is 0 Å². The quantitative estimate of drug-likeness (QED) is 0.717. The third kappa shape index (κ3) is 2.83. The molecule has 1 unspecified atom stereocenters. The molecule has 118 valence electrons. The lowest BCUT2D eigenvalue weighted by atomic mass is 9.96. The minimum Gasteiger partial charge on any atom is -0.362 e. The highest BCUT2D eigenvalue weighted by atomic mass is 35.5. The second-order valence-electron chi connectivity index (χ2n) is 5.66. The Morgan fingerprint density at radius 3 is 2.50 bits per heavy atom. The Morgan fingerprint density at radius 2 is 1.68 bits per heavy atom. The zero-order valence-electron chi connectivity index (χ0n) is 15.2. The number of hydrogen-bond acceptors (Lipinski definition) is 2. The maximum Gasteiger partial charge on any atom is 0.0672 e. The molecule has 0 aliphatic carbocycles. The summed E-state index contributed by atoms with van der Waals surface area (Å²) in [5.41, 5.74) is 5.14. The zero-order valence-corrected chi connectivity index (χ0v) is 13.9. The van der Waals surface area contributed by atoms with Crippen LogP contribution >= 0.6 is 24.8 Å². The summed E-state index contributed by atoms with van der Waals surface area (Å²) in [6.45, 7) is -0.160. The number of rotatable bonds is 0. The van der Waals surface area contributed by atoms with Gasteiger partial charge in [-0.2, -0.15) is 0 Å². The third-order valence-corrected chi connectivity index (χ3v) is 4.48. The lowest BCUT2D eigenvalue weighted by Crippen LogP contribution is -2.46. The number of para-hydroxylation sites is 1. The molecule has 2 nitrogen and oxygen atoms in total. The van der Waals surface area contributed by atoms with Crippen LogP contribution in [-0.2, 0) is 6.42 Å². The summed E-state index contributed by atoms with van der Waals surface area (Å²) in [5, 5.41) is 0. The zero-order chi connectivity index (χ0) is 16.0. The summed E-state index contributed by atoms with van der Waals surface area (Å²) in [4.78, 5) is 4.03.